The van der Waals surface area contributed by atoms with Crippen LogP contribution in [-0.2, 0) is 4.74 Å². The maximum atomic E-state index is 15.3. The summed E-state index contributed by atoms with van der Waals surface area (Å²) in [4.78, 5) is 0. The van der Waals surface area contributed by atoms with Crippen molar-refractivity contribution in [1.29, 1.82) is 0 Å². The molecule has 0 fully saturated rings. The summed E-state index contributed by atoms with van der Waals surface area (Å²) < 4.78 is 74.8. The molecule has 0 aliphatic heterocycles. The quantitative estimate of drug-likeness (QED) is 0.122. The Hall–Kier alpha value is -4.15. The van der Waals surface area contributed by atoms with Crippen LogP contribution in [-0.4, -0.2) is 53.0 Å². The number of nitrogens with zero attached hydrogens (tertiary/aromatic N) is 9. The minimum absolute atomic E-state index is 0.00884. The molecule has 5 aromatic rings. The van der Waals surface area contributed by atoms with Crippen molar-refractivity contribution in [2.45, 2.75) is 25.6 Å². The molecular weight excluding hydrogens is 600 g/mol. The number of pyridine rings is 1. The first kappa shape index (κ1) is 28.4. The van der Waals surface area contributed by atoms with Crippen LogP contribution in [0.25, 0.3) is 28.1 Å². The highest BCUT2D eigenvalue weighted by Gasteiger charge is 2.27. The van der Waals surface area contributed by atoms with E-state index in [9.17, 15) is 22.8 Å². The molecule has 0 saturated heterocycles. The lowest BCUT2D eigenvalue weighted by Crippen LogP contribution is -2.36. The van der Waals surface area contributed by atoms with Crippen molar-refractivity contribution in [2.24, 2.45) is 0 Å². The van der Waals surface area contributed by atoms with Gasteiger partial charge in [0.05, 0.1) is 52.7 Å². The second kappa shape index (κ2) is 11.8. The molecule has 0 radical (unpaired) electrons. The third-order valence-electron chi connectivity index (χ3n) is 5.97. The zero-order valence-electron chi connectivity index (χ0n) is 20.3. The number of alkyl halides is 4. The summed E-state index contributed by atoms with van der Waals surface area (Å²) in [5.74, 6) is -0.841. The van der Waals surface area contributed by atoms with Gasteiger partial charge in [-0.05, 0) is 18.2 Å². The van der Waals surface area contributed by atoms with Crippen molar-refractivity contribution >= 4 is 23.2 Å². The van der Waals surface area contributed by atoms with Gasteiger partial charge in [-0.2, -0.15) is 32.1 Å². The van der Waals surface area contributed by atoms with Crippen LogP contribution in [0.3, 0.4) is 0 Å². The lowest BCUT2D eigenvalue weighted by Gasteiger charge is -2.18. The second-order valence-electron chi connectivity index (χ2n) is 8.40. The van der Waals surface area contributed by atoms with E-state index in [2.05, 4.69) is 30.5 Å². The fraction of sp³-hybridized carbons (Fsp3) is 0.217. The number of hydrogen-bond acceptors (Lipinski definition) is 7. The smallest absolute Gasteiger partial charge is 0.345 e. The van der Waals surface area contributed by atoms with Gasteiger partial charge in [0.2, 0.25) is 5.69 Å². The van der Waals surface area contributed by atoms with E-state index in [1.807, 2.05) is 0 Å². The first-order valence-electron chi connectivity index (χ1n) is 11.6. The molecule has 0 unspecified atom stereocenters. The third-order valence-corrected chi connectivity index (χ3v) is 6.44. The monoisotopic (exact) mass is 615 g/mol. The van der Waals surface area contributed by atoms with Gasteiger partial charge >= 0.3 is 13.2 Å². The molecule has 1 aromatic carbocycles. The Morgan fingerprint density at radius 2 is 1.80 bits per heavy atom. The first-order chi connectivity index (χ1) is 19.6. The van der Waals surface area contributed by atoms with Crippen molar-refractivity contribution in [3.63, 3.8) is 0 Å². The maximum absolute atomic E-state index is 15.3. The minimum Gasteiger partial charge on any atom is -0.618 e. The van der Waals surface area contributed by atoms with Gasteiger partial charge in [-0.1, -0.05) is 33.6 Å². The topological polar surface area (TPSA) is 115 Å². The van der Waals surface area contributed by atoms with E-state index in [0.717, 1.165) is 12.4 Å². The van der Waals surface area contributed by atoms with Gasteiger partial charge in [0.1, 0.15) is 6.04 Å². The van der Waals surface area contributed by atoms with Crippen molar-refractivity contribution < 1.29 is 31.4 Å². The summed E-state index contributed by atoms with van der Waals surface area (Å²) in [6.07, 6.45) is 5.91. The average molecular weight is 616 g/mol. The molecule has 0 saturated carbocycles. The van der Waals surface area contributed by atoms with Crippen LogP contribution in [0.15, 0.2) is 55.2 Å². The number of halogens is 7. The fourth-order valence-corrected chi connectivity index (χ4v) is 4.47. The van der Waals surface area contributed by atoms with Crippen LogP contribution in [0.2, 0.25) is 10.2 Å². The summed E-state index contributed by atoms with van der Waals surface area (Å²) >= 11 is 11.9. The van der Waals surface area contributed by atoms with Crippen LogP contribution >= 0.6 is 23.2 Å². The van der Waals surface area contributed by atoms with Gasteiger partial charge in [-0.25, -0.2) is 9.07 Å². The highest BCUT2D eigenvalue weighted by Crippen LogP contribution is 2.34. The number of ether oxygens (including phenoxy) is 1. The van der Waals surface area contributed by atoms with E-state index in [4.69, 9.17) is 23.2 Å². The Labute approximate surface area is 236 Å². The lowest BCUT2D eigenvalue weighted by atomic mass is 10.0. The summed E-state index contributed by atoms with van der Waals surface area (Å²) in [5.41, 5.74) is 0.331. The minimum atomic E-state index is -3.06. The Morgan fingerprint density at radius 1 is 1.00 bits per heavy atom. The van der Waals surface area contributed by atoms with Crippen molar-refractivity contribution in [1.82, 2.24) is 39.8 Å². The predicted octanol–water partition coefficient (Wildman–Crippen LogP) is 5.08. The van der Waals surface area contributed by atoms with Crippen LogP contribution in [0.4, 0.5) is 22.0 Å². The molecule has 4 heterocycles. The predicted molar refractivity (Wildman–Crippen MR) is 133 cm³/mol. The van der Waals surface area contributed by atoms with Gasteiger partial charge in [-0.3, -0.25) is 4.68 Å². The lowest BCUT2D eigenvalue weighted by molar-refractivity contribution is -0.615. The van der Waals surface area contributed by atoms with E-state index < -0.39 is 31.6 Å². The molecule has 0 bridgehead atoms. The van der Waals surface area contributed by atoms with Crippen molar-refractivity contribution in [3.05, 3.63) is 82.1 Å². The third kappa shape index (κ3) is 5.84. The largest absolute Gasteiger partial charge is 0.618 e. The van der Waals surface area contributed by atoms with Gasteiger partial charge < -0.3 is 9.94 Å². The highest BCUT2D eigenvalue weighted by atomic mass is 35.5. The first-order valence-corrected chi connectivity index (χ1v) is 12.3. The van der Waals surface area contributed by atoms with E-state index >= 15 is 4.39 Å². The fourth-order valence-electron chi connectivity index (χ4n) is 4.19. The Bertz CT molecular complexity index is 1680. The number of hydrogen-bond donors (Lipinski definition) is 0. The standard InChI is InChI=1S/C23H16Cl2F5N9O2/c24-14-2-4-17(37-11-19(25)33-35-37)20(21(14)26)12-1-3-16(38(40)10-12)15(5-6-41-23(29)30)36-9-13(7-32-36)18-8-31-34-39(18)22(27)28/h1-4,7-11,15,22-23H,5-6H2/t15-/m1/s1. The Kier molecular flexibility index (Phi) is 8.14. The summed E-state index contributed by atoms with van der Waals surface area (Å²) in [6.45, 7) is -6.52. The van der Waals surface area contributed by atoms with Crippen LogP contribution in [0.5, 0.6) is 0 Å². The molecule has 0 aliphatic carbocycles. The van der Waals surface area contributed by atoms with Crippen LogP contribution in [0.1, 0.15) is 24.7 Å². The molecule has 0 aliphatic rings. The zero-order chi connectivity index (χ0) is 29.3. The highest BCUT2D eigenvalue weighted by molar-refractivity contribution is 6.31. The molecule has 1 atom stereocenters. The molecule has 0 N–H and O–H groups in total. The molecule has 4 aromatic heterocycles. The molecule has 214 valence electrons. The van der Waals surface area contributed by atoms with E-state index in [1.54, 1.807) is 0 Å². The molecule has 0 spiro atoms. The molecule has 11 nitrogen and oxygen atoms in total. The van der Waals surface area contributed by atoms with E-state index in [1.165, 1.54) is 52.2 Å². The number of aromatic nitrogens is 9. The maximum Gasteiger partial charge on any atom is 0.345 e. The summed E-state index contributed by atoms with van der Waals surface area (Å²) in [7, 11) is 0. The van der Waals surface area contributed by atoms with Crippen LogP contribution in [0, 0.1) is 11.0 Å². The average Bonchev–Trinajstić information content (AvgIpc) is 3.69. The summed E-state index contributed by atoms with van der Waals surface area (Å²) in [5, 5.41) is 31.6. The second-order valence-corrected chi connectivity index (χ2v) is 9.19. The van der Waals surface area contributed by atoms with Gasteiger partial charge in [0.15, 0.2) is 17.2 Å². The number of benzene rings is 1. The zero-order valence-corrected chi connectivity index (χ0v) is 21.8. The SMILES string of the molecule is [O-][n+]1cc(-c2c(-n3cc(Cl)nn3)ccc(Cl)c2F)ccc1[C@@H](CCOC(F)F)n1cc(-c2cnnn2C(F)F)cn1. The van der Waals surface area contributed by atoms with Crippen molar-refractivity contribution in [3.8, 4) is 28.1 Å². The molecule has 0 amide bonds. The van der Waals surface area contributed by atoms with Crippen molar-refractivity contribution in [2.75, 3.05) is 6.61 Å². The molecule has 5 rings (SSSR count). The van der Waals surface area contributed by atoms with E-state index in [0.29, 0.717) is 9.41 Å². The Balaban J connectivity index is 1.55. The molecule has 18 heteroatoms. The van der Waals surface area contributed by atoms with Gasteiger partial charge in [-0.15, -0.1) is 10.2 Å². The normalized spacial score (nSPS) is 12.5. The number of rotatable bonds is 10. The van der Waals surface area contributed by atoms with Gasteiger partial charge in [0.25, 0.3) is 0 Å². The molecular formula is C23H16Cl2F5N9O2. The van der Waals surface area contributed by atoms with Crippen LogP contribution < -0.4 is 4.73 Å². The molecule has 41 heavy (non-hydrogen) atoms. The van der Waals surface area contributed by atoms with E-state index in [-0.39, 0.29) is 50.4 Å². The Morgan fingerprint density at radius 3 is 2.49 bits per heavy atom. The van der Waals surface area contributed by atoms with Gasteiger partial charge in [0, 0.05) is 24.2 Å². The summed E-state index contributed by atoms with van der Waals surface area (Å²) in [6, 6.07) is 4.53.